The molecule has 3 N–H and O–H groups in total. The first-order valence-corrected chi connectivity index (χ1v) is 7.23. The molecule has 1 aliphatic rings. The third kappa shape index (κ3) is 2.26. The minimum absolute atomic E-state index is 0.239. The largest absolute Gasteiger partial charge is 0.508 e. The number of phenols is 1. The van der Waals surface area contributed by atoms with E-state index in [4.69, 9.17) is 5.73 Å². The van der Waals surface area contributed by atoms with E-state index in [1.54, 1.807) is 6.07 Å². The highest BCUT2D eigenvalue weighted by atomic mass is 16.3. The Hall–Kier alpha value is -1.02. The Morgan fingerprint density at radius 1 is 1.33 bits per heavy atom. The molecule has 2 rings (SSSR count). The van der Waals surface area contributed by atoms with E-state index < -0.39 is 0 Å². The molecule has 0 saturated heterocycles. The Balaban J connectivity index is 2.44. The maximum Gasteiger partial charge on any atom is 0.115 e. The summed E-state index contributed by atoms with van der Waals surface area (Å²) in [4.78, 5) is 0. The Morgan fingerprint density at radius 2 is 2.11 bits per heavy atom. The number of hydrogen-bond acceptors (Lipinski definition) is 2. The first-order chi connectivity index (χ1) is 8.61. The molecule has 0 unspecified atom stereocenters. The van der Waals surface area contributed by atoms with Gasteiger partial charge in [0.25, 0.3) is 0 Å². The molecule has 0 aromatic heterocycles. The molecule has 18 heavy (non-hydrogen) atoms. The van der Waals surface area contributed by atoms with Crippen LogP contribution in [0.2, 0.25) is 0 Å². The molecule has 0 aliphatic heterocycles. The fourth-order valence-electron chi connectivity index (χ4n) is 3.53. The van der Waals surface area contributed by atoms with Gasteiger partial charge in [-0.05, 0) is 54.9 Å². The van der Waals surface area contributed by atoms with E-state index in [-0.39, 0.29) is 5.54 Å². The van der Waals surface area contributed by atoms with Crippen LogP contribution in [0.1, 0.15) is 57.1 Å². The van der Waals surface area contributed by atoms with Gasteiger partial charge < -0.3 is 10.8 Å². The topological polar surface area (TPSA) is 46.2 Å². The summed E-state index contributed by atoms with van der Waals surface area (Å²) in [6.07, 6.45) is 6.75. The Kier molecular flexibility index (Phi) is 3.96. The standard InChI is InChI=1S/C16H25NO/c1-3-5-13-8-6-12-7-9-14(18)11-15(12)16(13,17)10-4-2/h7,9,11,13,18H,3-6,8,10,17H2,1-2H3/t13-,16-/m1/s1. The van der Waals surface area contributed by atoms with Crippen LogP contribution < -0.4 is 5.73 Å². The molecule has 0 fully saturated rings. The molecule has 2 atom stereocenters. The third-order valence-electron chi connectivity index (χ3n) is 4.39. The summed E-state index contributed by atoms with van der Waals surface area (Å²) in [5.74, 6) is 0.897. The van der Waals surface area contributed by atoms with Crippen molar-refractivity contribution in [3.8, 4) is 5.75 Å². The molecule has 0 heterocycles. The van der Waals surface area contributed by atoms with Crippen LogP contribution in [-0.2, 0) is 12.0 Å². The summed E-state index contributed by atoms with van der Waals surface area (Å²) < 4.78 is 0. The summed E-state index contributed by atoms with van der Waals surface area (Å²) in [5, 5.41) is 9.75. The Labute approximate surface area is 110 Å². The predicted molar refractivity (Wildman–Crippen MR) is 75.6 cm³/mol. The van der Waals surface area contributed by atoms with E-state index in [0.29, 0.717) is 11.7 Å². The van der Waals surface area contributed by atoms with Gasteiger partial charge >= 0.3 is 0 Å². The van der Waals surface area contributed by atoms with E-state index in [1.807, 2.05) is 12.1 Å². The van der Waals surface area contributed by atoms with Crippen molar-refractivity contribution in [1.29, 1.82) is 0 Å². The van der Waals surface area contributed by atoms with Gasteiger partial charge in [-0.3, -0.25) is 0 Å². The van der Waals surface area contributed by atoms with Gasteiger partial charge in [0.15, 0.2) is 0 Å². The highest BCUT2D eigenvalue weighted by molar-refractivity contribution is 5.42. The monoisotopic (exact) mass is 247 g/mol. The van der Waals surface area contributed by atoms with Gasteiger partial charge in [-0.15, -0.1) is 0 Å². The van der Waals surface area contributed by atoms with Crippen LogP contribution in [0.3, 0.4) is 0 Å². The molecule has 1 aromatic carbocycles. The Morgan fingerprint density at radius 3 is 2.78 bits per heavy atom. The van der Waals surface area contributed by atoms with Gasteiger partial charge in [-0.25, -0.2) is 0 Å². The lowest BCUT2D eigenvalue weighted by Crippen LogP contribution is -2.47. The maximum atomic E-state index is 9.75. The molecule has 0 radical (unpaired) electrons. The number of phenolic OH excluding ortho intramolecular Hbond substituents is 1. The number of aryl methyl sites for hydroxylation is 1. The van der Waals surface area contributed by atoms with Crippen LogP contribution in [0.4, 0.5) is 0 Å². The molecule has 2 heteroatoms. The fourth-order valence-corrected chi connectivity index (χ4v) is 3.53. The van der Waals surface area contributed by atoms with E-state index in [2.05, 4.69) is 13.8 Å². The molecular weight excluding hydrogens is 222 g/mol. The van der Waals surface area contributed by atoms with Crippen LogP contribution in [0.5, 0.6) is 5.75 Å². The average Bonchev–Trinajstić information content (AvgIpc) is 2.34. The molecule has 0 saturated carbocycles. The molecule has 0 amide bonds. The second-order valence-corrected chi connectivity index (χ2v) is 5.66. The highest BCUT2D eigenvalue weighted by Crippen LogP contribution is 2.44. The molecule has 1 aromatic rings. The number of nitrogens with two attached hydrogens (primary N) is 1. The fraction of sp³-hybridized carbons (Fsp3) is 0.625. The lowest BCUT2D eigenvalue weighted by Gasteiger charge is -2.43. The molecule has 1 aliphatic carbocycles. The van der Waals surface area contributed by atoms with E-state index in [0.717, 1.165) is 19.3 Å². The number of benzene rings is 1. The normalized spacial score (nSPS) is 26.9. The summed E-state index contributed by atoms with van der Waals surface area (Å²) in [6, 6.07) is 5.72. The van der Waals surface area contributed by atoms with E-state index in [1.165, 1.54) is 30.4 Å². The van der Waals surface area contributed by atoms with Crippen molar-refractivity contribution in [3.63, 3.8) is 0 Å². The smallest absolute Gasteiger partial charge is 0.115 e. The lowest BCUT2D eigenvalue weighted by atomic mass is 9.66. The third-order valence-corrected chi connectivity index (χ3v) is 4.39. The summed E-state index contributed by atoms with van der Waals surface area (Å²) in [7, 11) is 0. The zero-order chi connectivity index (χ0) is 13.2. The van der Waals surface area contributed by atoms with Gasteiger partial charge in [0, 0.05) is 5.54 Å². The van der Waals surface area contributed by atoms with Crippen molar-refractivity contribution in [3.05, 3.63) is 29.3 Å². The first kappa shape index (κ1) is 13.4. The minimum atomic E-state index is -0.239. The summed E-state index contributed by atoms with van der Waals surface area (Å²) in [6.45, 7) is 4.42. The zero-order valence-electron chi connectivity index (χ0n) is 11.6. The van der Waals surface area contributed by atoms with Crippen molar-refractivity contribution in [2.75, 3.05) is 0 Å². The van der Waals surface area contributed by atoms with Gasteiger partial charge in [0.05, 0.1) is 0 Å². The molecule has 2 nitrogen and oxygen atoms in total. The summed E-state index contributed by atoms with van der Waals surface area (Å²) >= 11 is 0. The van der Waals surface area contributed by atoms with Crippen LogP contribution >= 0.6 is 0 Å². The number of hydrogen-bond donors (Lipinski definition) is 2. The molecule has 0 spiro atoms. The number of rotatable bonds is 4. The van der Waals surface area contributed by atoms with Crippen LogP contribution in [0.15, 0.2) is 18.2 Å². The van der Waals surface area contributed by atoms with Crippen molar-refractivity contribution >= 4 is 0 Å². The summed E-state index contributed by atoms with van der Waals surface area (Å²) in [5.41, 5.74) is 9.05. The molecule has 0 bridgehead atoms. The molecular formula is C16H25NO. The maximum absolute atomic E-state index is 9.75. The van der Waals surface area contributed by atoms with Crippen LogP contribution in [0, 0.1) is 5.92 Å². The van der Waals surface area contributed by atoms with Crippen molar-refractivity contribution in [2.45, 2.75) is 57.9 Å². The second kappa shape index (κ2) is 5.31. The number of aromatic hydroxyl groups is 1. The first-order valence-electron chi connectivity index (χ1n) is 7.23. The average molecular weight is 247 g/mol. The zero-order valence-corrected chi connectivity index (χ0v) is 11.6. The van der Waals surface area contributed by atoms with Gasteiger partial charge in [0.2, 0.25) is 0 Å². The van der Waals surface area contributed by atoms with Gasteiger partial charge in [0.1, 0.15) is 5.75 Å². The molecule has 100 valence electrons. The van der Waals surface area contributed by atoms with Crippen LogP contribution in [0.25, 0.3) is 0 Å². The second-order valence-electron chi connectivity index (χ2n) is 5.66. The van der Waals surface area contributed by atoms with E-state index in [9.17, 15) is 5.11 Å². The lowest BCUT2D eigenvalue weighted by molar-refractivity contribution is 0.206. The predicted octanol–water partition coefficient (Wildman–Crippen LogP) is 3.71. The Bertz CT molecular complexity index is 416. The SMILES string of the molecule is CCC[C@@H]1CCc2ccc(O)cc2[C@@]1(N)CCC. The van der Waals surface area contributed by atoms with Crippen LogP contribution in [-0.4, -0.2) is 5.11 Å². The van der Waals surface area contributed by atoms with Crippen molar-refractivity contribution in [2.24, 2.45) is 11.7 Å². The minimum Gasteiger partial charge on any atom is -0.508 e. The van der Waals surface area contributed by atoms with Crippen molar-refractivity contribution in [1.82, 2.24) is 0 Å². The van der Waals surface area contributed by atoms with Gasteiger partial charge in [-0.2, -0.15) is 0 Å². The quantitative estimate of drug-likeness (QED) is 0.852. The highest BCUT2D eigenvalue weighted by Gasteiger charge is 2.39. The van der Waals surface area contributed by atoms with Crippen molar-refractivity contribution < 1.29 is 5.11 Å². The van der Waals surface area contributed by atoms with E-state index >= 15 is 0 Å². The number of fused-ring (bicyclic) bond motifs is 1. The van der Waals surface area contributed by atoms with Gasteiger partial charge in [-0.1, -0.05) is 32.8 Å².